The fourth-order valence-electron chi connectivity index (χ4n) is 5.45. The molecule has 2 bridgehead atoms. The summed E-state index contributed by atoms with van der Waals surface area (Å²) in [6.45, 7) is 4.47. The average molecular weight is 432 g/mol. The molecule has 7 nitrogen and oxygen atoms in total. The summed E-state index contributed by atoms with van der Waals surface area (Å²) in [4.78, 5) is 32.3. The van der Waals surface area contributed by atoms with Crippen LogP contribution < -0.4 is 10.9 Å². The fraction of sp³-hybridized carbons (Fsp3) is 0.400. The van der Waals surface area contributed by atoms with Crippen LogP contribution in [-0.4, -0.2) is 44.3 Å². The zero-order chi connectivity index (χ0) is 22.2. The second-order valence-electron chi connectivity index (χ2n) is 9.07. The number of aromatic nitrogens is 3. The maximum atomic E-state index is 13.3. The monoisotopic (exact) mass is 431 g/mol. The van der Waals surface area contributed by atoms with E-state index in [0.717, 1.165) is 42.9 Å². The number of amides is 1. The average Bonchev–Trinajstić information content (AvgIpc) is 3.17. The molecule has 5 rings (SSSR count). The minimum absolute atomic E-state index is 0.0209. The number of fused-ring (bicyclic) bond motifs is 2. The van der Waals surface area contributed by atoms with Gasteiger partial charge in [-0.1, -0.05) is 18.2 Å². The summed E-state index contributed by atoms with van der Waals surface area (Å²) in [6.07, 6.45) is 5.53. The number of rotatable bonds is 5. The van der Waals surface area contributed by atoms with Gasteiger partial charge in [0.2, 0.25) is 0 Å². The summed E-state index contributed by atoms with van der Waals surface area (Å²) in [5.41, 5.74) is 3.45. The lowest BCUT2D eigenvalue weighted by atomic mass is 9.91. The topological polar surface area (TPSA) is 72.2 Å². The first kappa shape index (κ1) is 20.7. The maximum absolute atomic E-state index is 13.3. The van der Waals surface area contributed by atoms with Crippen LogP contribution in [0.15, 0.2) is 59.7 Å². The molecule has 3 heterocycles. The zero-order valence-electron chi connectivity index (χ0n) is 18.6. The molecule has 32 heavy (non-hydrogen) atoms. The van der Waals surface area contributed by atoms with Gasteiger partial charge in [-0.3, -0.25) is 24.2 Å². The lowest BCUT2D eigenvalue weighted by molar-refractivity contribution is 0.0824. The number of carbonyl (C=O) groups excluding carboxylic acids is 1. The predicted octanol–water partition coefficient (Wildman–Crippen LogP) is 2.52. The van der Waals surface area contributed by atoms with Crippen molar-refractivity contribution in [2.45, 2.75) is 32.4 Å². The first-order valence-corrected chi connectivity index (χ1v) is 11.3. The smallest absolute Gasteiger partial charge is 0.276 e. The Morgan fingerprint density at radius 3 is 2.38 bits per heavy atom. The van der Waals surface area contributed by atoms with Crippen molar-refractivity contribution in [2.24, 2.45) is 18.9 Å². The molecule has 1 unspecified atom stereocenters. The molecule has 2 aliphatic rings. The number of pyridine rings is 1. The number of para-hydroxylation sites is 1. The van der Waals surface area contributed by atoms with Gasteiger partial charge in [-0.2, -0.15) is 0 Å². The SMILES string of the molecule is Cc1c(CN2C[C@H]3CC[C@@H](C2)C3NC(=O)c2ccncc2)c(=O)n(-c2ccccc2)n1C. The van der Waals surface area contributed by atoms with Crippen LogP contribution in [0.1, 0.15) is 34.5 Å². The number of carbonyl (C=O) groups is 1. The third-order valence-corrected chi connectivity index (χ3v) is 7.20. The van der Waals surface area contributed by atoms with E-state index in [2.05, 4.69) is 15.2 Å². The minimum Gasteiger partial charge on any atom is -0.349 e. The Morgan fingerprint density at radius 2 is 1.72 bits per heavy atom. The molecule has 2 fully saturated rings. The van der Waals surface area contributed by atoms with Crippen molar-refractivity contribution in [1.29, 1.82) is 0 Å². The summed E-state index contributed by atoms with van der Waals surface area (Å²) in [5, 5.41) is 3.28. The summed E-state index contributed by atoms with van der Waals surface area (Å²) < 4.78 is 3.70. The number of likely N-dealkylation sites (tertiary alicyclic amines) is 1. The Bertz CT molecular complexity index is 1150. The van der Waals surface area contributed by atoms with E-state index in [4.69, 9.17) is 0 Å². The van der Waals surface area contributed by atoms with E-state index in [1.807, 2.05) is 49.0 Å². The highest BCUT2D eigenvalue weighted by molar-refractivity contribution is 5.94. The Balaban J connectivity index is 1.31. The normalized spacial score (nSPS) is 22.8. The van der Waals surface area contributed by atoms with Crippen molar-refractivity contribution in [3.8, 4) is 5.69 Å². The van der Waals surface area contributed by atoms with Gasteiger partial charge >= 0.3 is 0 Å². The van der Waals surface area contributed by atoms with Crippen molar-refractivity contribution in [3.63, 3.8) is 0 Å². The number of nitrogens with one attached hydrogen (secondary N) is 1. The van der Waals surface area contributed by atoms with Crippen LogP contribution in [0.4, 0.5) is 0 Å². The molecule has 3 atom stereocenters. The molecule has 1 aliphatic heterocycles. The number of benzene rings is 1. The third kappa shape index (κ3) is 3.66. The van der Waals surface area contributed by atoms with Crippen molar-refractivity contribution >= 4 is 5.91 Å². The largest absolute Gasteiger partial charge is 0.349 e. The van der Waals surface area contributed by atoms with Crippen LogP contribution in [0, 0.1) is 18.8 Å². The third-order valence-electron chi connectivity index (χ3n) is 7.20. The highest BCUT2D eigenvalue weighted by Crippen LogP contribution is 2.37. The highest BCUT2D eigenvalue weighted by Gasteiger charge is 2.43. The standard InChI is InChI=1S/C25H29N5O2/c1-17-22(25(32)30(28(17)2)21-6-4-3-5-7-21)16-29-14-19-8-9-20(15-29)23(19)27-24(31)18-10-12-26-13-11-18/h3-7,10-13,19-20,23H,8-9,14-16H2,1-2H3,(H,27,31)/t19-,20+,23?. The van der Waals surface area contributed by atoms with Crippen LogP contribution >= 0.6 is 0 Å². The van der Waals surface area contributed by atoms with Crippen molar-refractivity contribution in [1.82, 2.24) is 24.6 Å². The Labute approximate surface area is 187 Å². The Kier molecular flexibility index (Phi) is 5.43. The van der Waals surface area contributed by atoms with Crippen molar-refractivity contribution in [3.05, 3.63) is 82.0 Å². The first-order valence-electron chi connectivity index (χ1n) is 11.3. The van der Waals surface area contributed by atoms with Gasteiger partial charge in [-0.05, 0) is 55.9 Å². The van der Waals surface area contributed by atoms with Crippen LogP contribution in [0.2, 0.25) is 0 Å². The molecular weight excluding hydrogens is 402 g/mol. The van der Waals surface area contributed by atoms with Gasteiger partial charge in [-0.15, -0.1) is 0 Å². The summed E-state index contributed by atoms with van der Waals surface area (Å²) in [5.74, 6) is 0.812. The van der Waals surface area contributed by atoms with Gasteiger partial charge in [0.1, 0.15) is 0 Å². The van der Waals surface area contributed by atoms with Gasteiger partial charge < -0.3 is 5.32 Å². The summed E-state index contributed by atoms with van der Waals surface area (Å²) in [6, 6.07) is 13.5. The molecule has 1 saturated heterocycles. The lowest BCUT2D eigenvalue weighted by Crippen LogP contribution is -2.52. The van der Waals surface area contributed by atoms with Gasteiger partial charge in [0.25, 0.3) is 11.5 Å². The highest BCUT2D eigenvalue weighted by atomic mass is 16.2. The molecule has 1 aromatic carbocycles. The first-order chi connectivity index (χ1) is 15.5. The van der Waals surface area contributed by atoms with Gasteiger partial charge in [0, 0.05) is 56.4 Å². The van der Waals surface area contributed by atoms with E-state index >= 15 is 0 Å². The Morgan fingerprint density at radius 1 is 1.06 bits per heavy atom. The molecule has 0 radical (unpaired) electrons. The number of hydrogen-bond donors (Lipinski definition) is 1. The fourth-order valence-corrected chi connectivity index (χ4v) is 5.45. The molecule has 1 amide bonds. The van der Waals surface area contributed by atoms with E-state index < -0.39 is 0 Å². The number of nitrogens with zero attached hydrogens (tertiary/aromatic N) is 4. The van der Waals surface area contributed by atoms with Crippen LogP contribution in [0.25, 0.3) is 5.69 Å². The van der Waals surface area contributed by atoms with E-state index in [1.165, 1.54) is 0 Å². The van der Waals surface area contributed by atoms with Crippen LogP contribution in [0.5, 0.6) is 0 Å². The van der Waals surface area contributed by atoms with Crippen LogP contribution in [0.3, 0.4) is 0 Å². The summed E-state index contributed by atoms with van der Waals surface area (Å²) in [7, 11) is 1.94. The second-order valence-corrected chi connectivity index (χ2v) is 9.07. The van der Waals surface area contributed by atoms with Gasteiger partial charge in [-0.25, -0.2) is 4.68 Å². The number of hydrogen-bond acceptors (Lipinski definition) is 4. The van der Waals surface area contributed by atoms with Crippen LogP contribution in [-0.2, 0) is 13.6 Å². The maximum Gasteiger partial charge on any atom is 0.276 e. The second kappa shape index (κ2) is 8.39. The van der Waals surface area contributed by atoms with E-state index in [9.17, 15) is 9.59 Å². The molecule has 3 aromatic rings. The molecule has 1 saturated carbocycles. The van der Waals surface area contributed by atoms with Crippen molar-refractivity contribution in [2.75, 3.05) is 13.1 Å². The van der Waals surface area contributed by atoms with Gasteiger partial charge in [0.15, 0.2) is 0 Å². The number of piperidine rings is 1. The molecule has 0 spiro atoms. The molecule has 166 valence electrons. The van der Waals surface area contributed by atoms with Gasteiger partial charge in [0.05, 0.1) is 11.3 Å². The minimum atomic E-state index is -0.0209. The molecule has 7 heteroatoms. The van der Waals surface area contributed by atoms with E-state index in [-0.39, 0.29) is 17.5 Å². The molecule has 1 N–H and O–H groups in total. The molecule has 1 aliphatic carbocycles. The van der Waals surface area contributed by atoms with E-state index in [1.54, 1.807) is 29.2 Å². The Hall–Kier alpha value is -3.19. The van der Waals surface area contributed by atoms with Crippen molar-refractivity contribution < 1.29 is 4.79 Å². The quantitative estimate of drug-likeness (QED) is 0.674. The predicted molar refractivity (Wildman–Crippen MR) is 123 cm³/mol. The lowest BCUT2D eigenvalue weighted by Gasteiger charge is -2.38. The van der Waals surface area contributed by atoms with E-state index in [0.29, 0.717) is 23.9 Å². The molecular formula is C25H29N5O2. The summed E-state index contributed by atoms with van der Waals surface area (Å²) >= 11 is 0. The zero-order valence-corrected chi connectivity index (χ0v) is 18.6. The molecule has 2 aromatic heterocycles.